The Labute approximate surface area is 157 Å². The predicted molar refractivity (Wildman–Crippen MR) is 101 cm³/mol. The third-order valence-corrected chi connectivity index (χ3v) is 4.24. The maximum atomic E-state index is 12.2. The van der Waals surface area contributed by atoms with E-state index in [2.05, 4.69) is 20.7 Å². The number of aryl methyl sites for hydroxylation is 2. The third kappa shape index (κ3) is 4.58. The summed E-state index contributed by atoms with van der Waals surface area (Å²) in [6, 6.07) is 10.9. The Morgan fingerprint density at radius 2 is 1.89 bits per heavy atom. The summed E-state index contributed by atoms with van der Waals surface area (Å²) in [4.78, 5) is 28.6. The van der Waals surface area contributed by atoms with E-state index in [1.54, 1.807) is 41.5 Å². The van der Waals surface area contributed by atoms with Crippen LogP contribution < -0.4 is 10.6 Å². The van der Waals surface area contributed by atoms with Crippen molar-refractivity contribution in [3.05, 3.63) is 77.2 Å². The fourth-order valence-electron chi connectivity index (χ4n) is 2.57. The summed E-state index contributed by atoms with van der Waals surface area (Å²) in [5.74, 6) is 0.108. The molecule has 0 spiro atoms. The highest BCUT2D eigenvalue weighted by molar-refractivity contribution is 5.96. The highest BCUT2D eigenvalue weighted by atomic mass is 16.2. The topological polar surface area (TPSA) is 88.9 Å². The molecule has 3 aromatic rings. The van der Waals surface area contributed by atoms with E-state index in [-0.39, 0.29) is 18.4 Å². The molecule has 0 radical (unpaired) electrons. The Balaban J connectivity index is 1.55. The minimum Gasteiger partial charge on any atom is -0.350 e. The summed E-state index contributed by atoms with van der Waals surface area (Å²) >= 11 is 0. The summed E-state index contributed by atoms with van der Waals surface area (Å²) in [7, 11) is 0. The van der Waals surface area contributed by atoms with Gasteiger partial charge < -0.3 is 10.6 Å². The quantitative estimate of drug-likeness (QED) is 0.700. The van der Waals surface area contributed by atoms with Gasteiger partial charge in [0.25, 0.3) is 5.91 Å². The van der Waals surface area contributed by atoms with Gasteiger partial charge in [0.15, 0.2) is 5.82 Å². The number of amides is 2. The molecule has 3 rings (SSSR count). The van der Waals surface area contributed by atoms with Crippen LogP contribution in [-0.2, 0) is 11.3 Å². The van der Waals surface area contributed by atoms with E-state index in [0.29, 0.717) is 17.9 Å². The molecule has 0 bridgehead atoms. The minimum absolute atomic E-state index is 0.0941. The lowest BCUT2D eigenvalue weighted by molar-refractivity contribution is -0.120. The van der Waals surface area contributed by atoms with Gasteiger partial charge in [-0.25, -0.2) is 9.67 Å². The highest BCUT2D eigenvalue weighted by Gasteiger charge is 2.10. The summed E-state index contributed by atoms with van der Waals surface area (Å²) < 4.78 is 1.64. The fraction of sp³-hybridized carbons (Fsp3) is 0.200. The van der Waals surface area contributed by atoms with Gasteiger partial charge in [-0.05, 0) is 49.2 Å². The Hall–Kier alpha value is -3.48. The van der Waals surface area contributed by atoms with Crippen LogP contribution in [0.2, 0.25) is 0 Å². The first-order valence-corrected chi connectivity index (χ1v) is 8.60. The summed E-state index contributed by atoms with van der Waals surface area (Å²) in [5, 5.41) is 9.60. The van der Waals surface area contributed by atoms with Gasteiger partial charge in [-0.1, -0.05) is 12.1 Å². The van der Waals surface area contributed by atoms with Gasteiger partial charge in [0.05, 0.1) is 6.54 Å². The second-order valence-electron chi connectivity index (χ2n) is 6.20. The lowest BCUT2D eigenvalue weighted by Crippen LogP contribution is -2.36. The summed E-state index contributed by atoms with van der Waals surface area (Å²) in [6.45, 7) is 4.13. The number of rotatable bonds is 6. The van der Waals surface area contributed by atoms with Crippen LogP contribution in [0.1, 0.15) is 27.0 Å². The molecule has 0 fully saturated rings. The van der Waals surface area contributed by atoms with Crippen molar-refractivity contribution in [1.29, 1.82) is 0 Å². The maximum Gasteiger partial charge on any atom is 0.251 e. The van der Waals surface area contributed by atoms with E-state index in [1.807, 2.05) is 32.0 Å². The zero-order valence-electron chi connectivity index (χ0n) is 15.3. The van der Waals surface area contributed by atoms with Crippen LogP contribution in [0.25, 0.3) is 5.82 Å². The van der Waals surface area contributed by atoms with E-state index in [4.69, 9.17) is 0 Å². The molecule has 7 heteroatoms. The molecule has 27 heavy (non-hydrogen) atoms. The van der Waals surface area contributed by atoms with Crippen LogP contribution in [0.15, 0.2) is 55.0 Å². The number of carbonyl (C=O) groups excluding carboxylic acids is 2. The number of aromatic nitrogens is 3. The summed E-state index contributed by atoms with van der Waals surface area (Å²) in [5.41, 5.74) is 3.53. The smallest absolute Gasteiger partial charge is 0.251 e. The molecule has 138 valence electrons. The Bertz CT molecular complexity index is 951. The van der Waals surface area contributed by atoms with Crippen molar-refractivity contribution in [2.24, 2.45) is 0 Å². The van der Waals surface area contributed by atoms with Crippen LogP contribution in [0, 0.1) is 13.8 Å². The molecule has 7 nitrogen and oxygen atoms in total. The third-order valence-electron chi connectivity index (χ3n) is 4.24. The molecule has 0 saturated carbocycles. The molecule has 0 aliphatic rings. The van der Waals surface area contributed by atoms with Gasteiger partial charge >= 0.3 is 0 Å². The van der Waals surface area contributed by atoms with Crippen LogP contribution in [-0.4, -0.2) is 33.1 Å². The zero-order valence-corrected chi connectivity index (χ0v) is 15.3. The molecule has 2 amide bonds. The van der Waals surface area contributed by atoms with Gasteiger partial charge in [0.1, 0.15) is 0 Å². The Morgan fingerprint density at radius 3 is 2.63 bits per heavy atom. The molecule has 0 unspecified atom stereocenters. The van der Waals surface area contributed by atoms with Crippen molar-refractivity contribution in [3.8, 4) is 5.82 Å². The first-order chi connectivity index (χ1) is 13.0. The molecule has 0 aliphatic carbocycles. The van der Waals surface area contributed by atoms with Crippen molar-refractivity contribution in [2.45, 2.75) is 20.4 Å². The van der Waals surface area contributed by atoms with E-state index in [9.17, 15) is 9.59 Å². The van der Waals surface area contributed by atoms with Crippen molar-refractivity contribution < 1.29 is 9.59 Å². The molecular weight excluding hydrogens is 342 g/mol. The molecule has 2 heterocycles. The van der Waals surface area contributed by atoms with Crippen LogP contribution >= 0.6 is 0 Å². The Kier molecular flexibility index (Phi) is 5.61. The lowest BCUT2D eigenvalue weighted by atomic mass is 10.1. The van der Waals surface area contributed by atoms with Gasteiger partial charge in [-0.15, -0.1) is 0 Å². The molecule has 0 aliphatic heterocycles. The van der Waals surface area contributed by atoms with Crippen LogP contribution in [0.3, 0.4) is 0 Å². The largest absolute Gasteiger partial charge is 0.350 e. The molecule has 0 saturated heterocycles. The highest BCUT2D eigenvalue weighted by Crippen LogP contribution is 2.10. The number of benzene rings is 1. The number of hydrogen-bond donors (Lipinski definition) is 2. The number of nitrogens with zero attached hydrogens (tertiary/aromatic N) is 3. The van der Waals surface area contributed by atoms with Gasteiger partial charge in [-0.3, -0.25) is 9.59 Å². The molecular formula is C20H21N5O2. The normalized spacial score (nSPS) is 10.4. The van der Waals surface area contributed by atoms with Crippen molar-refractivity contribution in [1.82, 2.24) is 25.4 Å². The SMILES string of the molecule is Cc1ccc(C(=O)NCC(=O)NCc2cccnc2-n2cccn2)cc1C. The number of nitrogens with one attached hydrogen (secondary N) is 2. The second-order valence-corrected chi connectivity index (χ2v) is 6.20. The average Bonchev–Trinajstić information content (AvgIpc) is 3.21. The Morgan fingerprint density at radius 1 is 1.04 bits per heavy atom. The first kappa shape index (κ1) is 18.3. The molecule has 2 N–H and O–H groups in total. The van der Waals surface area contributed by atoms with Gasteiger partial charge in [0, 0.05) is 36.3 Å². The predicted octanol–water partition coefficient (Wildman–Crippen LogP) is 1.93. The number of pyridine rings is 1. The van der Waals surface area contributed by atoms with Crippen LogP contribution in [0.5, 0.6) is 0 Å². The average molecular weight is 363 g/mol. The maximum absolute atomic E-state index is 12.2. The van der Waals surface area contributed by atoms with E-state index in [0.717, 1.165) is 16.7 Å². The van der Waals surface area contributed by atoms with Gasteiger partial charge in [0.2, 0.25) is 5.91 Å². The summed E-state index contributed by atoms with van der Waals surface area (Å²) in [6.07, 6.45) is 5.13. The first-order valence-electron chi connectivity index (χ1n) is 8.60. The zero-order chi connectivity index (χ0) is 19.2. The number of carbonyl (C=O) groups is 2. The lowest BCUT2D eigenvalue weighted by Gasteiger charge is -2.10. The van der Waals surface area contributed by atoms with Crippen molar-refractivity contribution in [3.63, 3.8) is 0 Å². The van der Waals surface area contributed by atoms with Gasteiger partial charge in [-0.2, -0.15) is 5.10 Å². The van der Waals surface area contributed by atoms with Crippen molar-refractivity contribution >= 4 is 11.8 Å². The standard InChI is InChI=1S/C20H21N5O2/c1-14-6-7-16(11-15(14)2)20(27)23-13-18(26)22-12-17-5-3-8-21-19(17)25-10-4-9-24-25/h3-11H,12-13H2,1-2H3,(H,22,26)(H,23,27). The molecule has 2 aromatic heterocycles. The van der Waals surface area contributed by atoms with Crippen LogP contribution in [0.4, 0.5) is 0 Å². The second kappa shape index (κ2) is 8.27. The van der Waals surface area contributed by atoms with E-state index in [1.165, 1.54) is 0 Å². The van der Waals surface area contributed by atoms with E-state index >= 15 is 0 Å². The molecule has 1 aromatic carbocycles. The monoisotopic (exact) mass is 363 g/mol. The number of hydrogen-bond acceptors (Lipinski definition) is 4. The molecule has 0 atom stereocenters. The van der Waals surface area contributed by atoms with Crippen molar-refractivity contribution in [2.75, 3.05) is 6.54 Å². The fourth-order valence-corrected chi connectivity index (χ4v) is 2.57. The minimum atomic E-state index is -0.276. The van der Waals surface area contributed by atoms with E-state index < -0.39 is 0 Å².